The second-order valence-electron chi connectivity index (χ2n) is 8.11. The lowest BCUT2D eigenvalue weighted by Crippen LogP contribution is -2.26. The molecule has 0 aliphatic heterocycles. The summed E-state index contributed by atoms with van der Waals surface area (Å²) < 4.78 is 17.9. The molecule has 0 saturated carbocycles. The minimum absolute atomic E-state index is 0.203. The standard InChI is InChI=1S/C27H25N5O4/c1-34-24-8-7-18(13-25(24)35-2)9-11-29-27(33)21-14-23(19-5-3-10-28-15-19)31-26-22(21)16-30-32(26)17-20-6-4-12-36-20/h3-8,10,12-16H,9,11,17H2,1-2H3,(H,29,33). The van der Waals surface area contributed by atoms with E-state index in [1.807, 2.05) is 42.5 Å². The summed E-state index contributed by atoms with van der Waals surface area (Å²) in [4.78, 5) is 22.3. The maximum Gasteiger partial charge on any atom is 0.252 e. The van der Waals surface area contributed by atoms with Gasteiger partial charge in [-0.1, -0.05) is 6.07 Å². The van der Waals surface area contributed by atoms with Gasteiger partial charge in [-0.05, 0) is 54.4 Å². The van der Waals surface area contributed by atoms with Crippen LogP contribution in [0.1, 0.15) is 21.7 Å². The third-order valence-corrected chi connectivity index (χ3v) is 5.84. The number of fused-ring (bicyclic) bond motifs is 1. The van der Waals surface area contributed by atoms with Gasteiger partial charge in [0, 0.05) is 24.5 Å². The van der Waals surface area contributed by atoms with Crippen LogP contribution < -0.4 is 14.8 Å². The number of furan rings is 1. The first kappa shape index (κ1) is 23.1. The van der Waals surface area contributed by atoms with E-state index in [2.05, 4.69) is 15.4 Å². The summed E-state index contributed by atoms with van der Waals surface area (Å²) in [5, 5.41) is 8.18. The van der Waals surface area contributed by atoms with E-state index in [-0.39, 0.29) is 5.91 Å². The number of rotatable bonds is 9. The fourth-order valence-electron chi connectivity index (χ4n) is 4.02. The van der Waals surface area contributed by atoms with Gasteiger partial charge in [-0.3, -0.25) is 9.78 Å². The molecule has 36 heavy (non-hydrogen) atoms. The van der Waals surface area contributed by atoms with E-state index in [1.54, 1.807) is 49.8 Å². The topological polar surface area (TPSA) is 104 Å². The van der Waals surface area contributed by atoms with Gasteiger partial charge in [0.1, 0.15) is 12.3 Å². The summed E-state index contributed by atoms with van der Waals surface area (Å²) in [5.41, 5.74) is 3.57. The van der Waals surface area contributed by atoms with Crippen molar-refractivity contribution >= 4 is 16.9 Å². The summed E-state index contributed by atoms with van der Waals surface area (Å²) in [6.45, 7) is 0.848. The molecule has 4 heterocycles. The van der Waals surface area contributed by atoms with Crippen LogP contribution in [-0.4, -0.2) is 46.4 Å². The number of amides is 1. The number of methoxy groups -OCH3 is 2. The molecule has 182 valence electrons. The molecule has 1 aromatic carbocycles. The quantitative estimate of drug-likeness (QED) is 0.336. The number of carbonyl (C=O) groups is 1. The molecule has 0 aliphatic carbocycles. The molecule has 5 aromatic rings. The van der Waals surface area contributed by atoms with Crippen molar-refractivity contribution in [2.45, 2.75) is 13.0 Å². The Morgan fingerprint density at radius 2 is 1.94 bits per heavy atom. The number of ether oxygens (including phenoxy) is 2. The smallest absolute Gasteiger partial charge is 0.252 e. The molecule has 0 fully saturated rings. The zero-order valence-electron chi connectivity index (χ0n) is 20.0. The maximum atomic E-state index is 13.3. The van der Waals surface area contributed by atoms with Gasteiger partial charge in [0.2, 0.25) is 0 Å². The van der Waals surface area contributed by atoms with Crippen molar-refractivity contribution < 1.29 is 18.7 Å². The highest BCUT2D eigenvalue weighted by Gasteiger charge is 2.18. The van der Waals surface area contributed by atoms with Gasteiger partial charge in [-0.2, -0.15) is 5.10 Å². The van der Waals surface area contributed by atoms with E-state index in [0.29, 0.717) is 53.3 Å². The normalized spacial score (nSPS) is 10.9. The lowest BCUT2D eigenvalue weighted by atomic mass is 10.1. The molecule has 1 amide bonds. The third kappa shape index (κ3) is 4.76. The molecule has 1 N–H and O–H groups in total. The van der Waals surface area contributed by atoms with Crippen molar-refractivity contribution in [2.75, 3.05) is 20.8 Å². The third-order valence-electron chi connectivity index (χ3n) is 5.84. The summed E-state index contributed by atoms with van der Waals surface area (Å²) in [6, 6.07) is 15.0. The molecular formula is C27H25N5O4. The van der Waals surface area contributed by atoms with Gasteiger partial charge in [0.05, 0.1) is 43.3 Å². The Bertz CT molecular complexity index is 1480. The summed E-state index contributed by atoms with van der Waals surface area (Å²) >= 11 is 0. The Kier molecular flexibility index (Phi) is 6.61. The number of hydrogen-bond donors (Lipinski definition) is 1. The molecule has 0 aliphatic rings. The summed E-state index contributed by atoms with van der Waals surface area (Å²) in [6.07, 6.45) is 7.34. The van der Waals surface area contributed by atoms with Crippen LogP contribution >= 0.6 is 0 Å². The average molecular weight is 484 g/mol. The van der Waals surface area contributed by atoms with E-state index in [4.69, 9.17) is 18.9 Å². The Balaban J connectivity index is 1.42. The number of aromatic nitrogens is 4. The van der Waals surface area contributed by atoms with Crippen molar-refractivity contribution in [1.82, 2.24) is 25.1 Å². The van der Waals surface area contributed by atoms with Gasteiger partial charge in [0.15, 0.2) is 17.1 Å². The molecule has 9 nitrogen and oxygen atoms in total. The van der Waals surface area contributed by atoms with Gasteiger partial charge < -0.3 is 19.2 Å². The van der Waals surface area contributed by atoms with Crippen LogP contribution in [0.15, 0.2) is 77.8 Å². The number of pyridine rings is 2. The first-order valence-electron chi connectivity index (χ1n) is 11.4. The Labute approximate surface area is 207 Å². The second-order valence-corrected chi connectivity index (χ2v) is 8.11. The number of carbonyl (C=O) groups excluding carboxylic acids is 1. The van der Waals surface area contributed by atoms with Gasteiger partial charge in [-0.15, -0.1) is 0 Å². The van der Waals surface area contributed by atoms with Crippen LogP contribution in [0.5, 0.6) is 11.5 Å². The molecule has 9 heteroatoms. The first-order chi connectivity index (χ1) is 17.7. The molecule has 0 atom stereocenters. The Morgan fingerprint density at radius 3 is 2.69 bits per heavy atom. The fraction of sp³-hybridized carbons (Fsp3) is 0.185. The Morgan fingerprint density at radius 1 is 1.06 bits per heavy atom. The molecule has 0 bridgehead atoms. The van der Waals surface area contributed by atoms with Gasteiger partial charge in [0.25, 0.3) is 5.91 Å². The molecule has 0 unspecified atom stereocenters. The number of benzene rings is 1. The van der Waals surface area contributed by atoms with Crippen molar-refractivity contribution in [3.63, 3.8) is 0 Å². The van der Waals surface area contributed by atoms with Crippen molar-refractivity contribution in [3.8, 4) is 22.8 Å². The zero-order valence-corrected chi connectivity index (χ0v) is 20.0. The minimum Gasteiger partial charge on any atom is -0.493 e. The number of hydrogen-bond acceptors (Lipinski definition) is 7. The molecule has 5 rings (SSSR count). The van der Waals surface area contributed by atoms with Crippen LogP contribution in [-0.2, 0) is 13.0 Å². The SMILES string of the molecule is COc1ccc(CCNC(=O)c2cc(-c3cccnc3)nc3c2cnn3Cc2ccco2)cc1OC. The highest BCUT2D eigenvalue weighted by Crippen LogP contribution is 2.28. The maximum absolute atomic E-state index is 13.3. The van der Waals surface area contributed by atoms with Crippen LogP contribution in [0.25, 0.3) is 22.3 Å². The zero-order chi connectivity index (χ0) is 24.9. The average Bonchev–Trinajstić information content (AvgIpc) is 3.59. The minimum atomic E-state index is -0.203. The molecule has 4 aromatic heterocycles. The number of nitrogens with one attached hydrogen (secondary N) is 1. The highest BCUT2D eigenvalue weighted by molar-refractivity contribution is 6.06. The van der Waals surface area contributed by atoms with Crippen molar-refractivity contribution in [3.05, 3.63) is 90.3 Å². The van der Waals surface area contributed by atoms with Crippen molar-refractivity contribution in [2.24, 2.45) is 0 Å². The van der Waals surface area contributed by atoms with E-state index < -0.39 is 0 Å². The largest absolute Gasteiger partial charge is 0.493 e. The van der Waals surface area contributed by atoms with E-state index >= 15 is 0 Å². The van der Waals surface area contributed by atoms with Crippen LogP contribution in [0.4, 0.5) is 0 Å². The van der Waals surface area contributed by atoms with E-state index in [9.17, 15) is 4.79 Å². The van der Waals surface area contributed by atoms with Crippen LogP contribution in [0, 0.1) is 0 Å². The molecule has 0 saturated heterocycles. The highest BCUT2D eigenvalue weighted by atomic mass is 16.5. The second kappa shape index (κ2) is 10.3. The summed E-state index contributed by atoms with van der Waals surface area (Å²) in [5.74, 6) is 1.86. The summed E-state index contributed by atoms with van der Waals surface area (Å²) in [7, 11) is 3.20. The van der Waals surface area contributed by atoms with E-state index in [1.165, 1.54) is 0 Å². The molecule has 0 radical (unpaired) electrons. The van der Waals surface area contributed by atoms with Crippen LogP contribution in [0.3, 0.4) is 0 Å². The van der Waals surface area contributed by atoms with Crippen molar-refractivity contribution in [1.29, 1.82) is 0 Å². The predicted octanol–water partition coefficient (Wildman–Crippen LogP) is 4.12. The predicted molar refractivity (Wildman–Crippen MR) is 134 cm³/mol. The monoisotopic (exact) mass is 483 g/mol. The number of nitrogens with zero attached hydrogens (tertiary/aromatic N) is 4. The molecule has 0 spiro atoms. The van der Waals surface area contributed by atoms with E-state index in [0.717, 1.165) is 16.9 Å². The lowest BCUT2D eigenvalue weighted by Gasteiger charge is -2.11. The van der Waals surface area contributed by atoms with Gasteiger partial charge >= 0.3 is 0 Å². The first-order valence-corrected chi connectivity index (χ1v) is 11.4. The fourth-order valence-corrected chi connectivity index (χ4v) is 4.02. The Hall–Kier alpha value is -4.66. The van der Waals surface area contributed by atoms with Gasteiger partial charge in [-0.25, -0.2) is 9.67 Å². The molecular weight excluding hydrogens is 458 g/mol. The lowest BCUT2D eigenvalue weighted by molar-refractivity contribution is 0.0955. The van der Waals surface area contributed by atoms with Crippen LogP contribution in [0.2, 0.25) is 0 Å².